The lowest BCUT2D eigenvalue weighted by atomic mass is 10.1. The molecule has 0 spiro atoms. The van der Waals surface area contributed by atoms with E-state index in [-0.39, 0.29) is 11.9 Å². The van der Waals surface area contributed by atoms with Gasteiger partial charge in [-0.05, 0) is 19.7 Å². The summed E-state index contributed by atoms with van der Waals surface area (Å²) in [5.41, 5.74) is 0.726. The molecule has 1 unspecified atom stereocenters. The van der Waals surface area contributed by atoms with Gasteiger partial charge in [0.25, 0.3) is 0 Å². The van der Waals surface area contributed by atoms with Crippen molar-refractivity contribution in [1.29, 1.82) is 0 Å². The Morgan fingerprint density at radius 3 is 2.72 bits per heavy atom. The van der Waals surface area contributed by atoms with E-state index in [2.05, 4.69) is 10.2 Å². The third-order valence-corrected chi connectivity index (χ3v) is 2.90. The van der Waals surface area contributed by atoms with E-state index < -0.39 is 0 Å². The maximum Gasteiger partial charge on any atom is 0.128 e. The summed E-state index contributed by atoms with van der Waals surface area (Å²) in [5, 5.41) is 3.32. The Labute approximate surface area is 109 Å². The number of hydrogen-bond acceptors (Lipinski definition) is 3. The van der Waals surface area contributed by atoms with Crippen LogP contribution in [-0.4, -0.2) is 45.3 Å². The highest BCUT2D eigenvalue weighted by Crippen LogP contribution is 2.17. The molecule has 0 aliphatic heterocycles. The van der Waals surface area contributed by atoms with Gasteiger partial charge in [-0.1, -0.05) is 25.1 Å². The van der Waals surface area contributed by atoms with Crippen molar-refractivity contribution < 1.29 is 9.13 Å². The fraction of sp³-hybridized carbons (Fsp3) is 0.571. The van der Waals surface area contributed by atoms with Crippen LogP contribution in [-0.2, 0) is 4.74 Å². The number of methoxy groups -OCH3 is 1. The SMILES string of the molecule is CCNC(CN(C)CCOC)c1ccccc1F. The Kier molecular flexibility index (Phi) is 6.86. The number of nitrogens with zero attached hydrogens (tertiary/aromatic N) is 1. The standard InChI is InChI=1S/C14H23FN2O/c1-4-16-14(11-17(2)9-10-18-3)12-7-5-6-8-13(12)15/h5-8,14,16H,4,9-11H2,1-3H3. The quantitative estimate of drug-likeness (QED) is 0.768. The summed E-state index contributed by atoms with van der Waals surface area (Å²) in [6, 6.07) is 6.95. The largest absolute Gasteiger partial charge is 0.383 e. The Morgan fingerprint density at radius 2 is 2.11 bits per heavy atom. The third-order valence-electron chi connectivity index (χ3n) is 2.90. The fourth-order valence-electron chi connectivity index (χ4n) is 1.93. The van der Waals surface area contributed by atoms with Crippen LogP contribution in [0.15, 0.2) is 24.3 Å². The highest BCUT2D eigenvalue weighted by Gasteiger charge is 2.16. The van der Waals surface area contributed by atoms with Crippen LogP contribution in [0.4, 0.5) is 4.39 Å². The molecule has 0 heterocycles. The Morgan fingerprint density at radius 1 is 1.39 bits per heavy atom. The lowest BCUT2D eigenvalue weighted by Crippen LogP contribution is -2.35. The molecule has 102 valence electrons. The maximum absolute atomic E-state index is 13.8. The van der Waals surface area contributed by atoms with E-state index in [0.717, 1.165) is 25.2 Å². The van der Waals surface area contributed by atoms with Gasteiger partial charge in [0.1, 0.15) is 5.82 Å². The summed E-state index contributed by atoms with van der Waals surface area (Å²) in [7, 11) is 3.71. The van der Waals surface area contributed by atoms with Gasteiger partial charge in [-0.3, -0.25) is 0 Å². The molecule has 1 aromatic rings. The number of rotatable bonds is 8. The summed E-state index contributed by atoms with van der Waals surface area (Å²) in [5.74, 6) is -0.149. The average Bonchev–Trinajstić information content (AvgIpc) is 2.36. The van der Waals surface area contributed by atoms with Crippen LogP contribution >= 0.6 is 0 Å². The molecule has 3 nitrogen and oxygen atoms in total. The first kappa shape index (κ1) is 15.1. The smallest absolute Gasteiger partial charge is 0.128 e. The Bertz CT molecular complexity index is 346. The molecule has 0 aromatic heterocycles. The van der Waals surface area contributed by atoms with Gasteiger partial charge >= 0.3 is 0 Å². The van der Waals surface area contributed by atoms with Crippen molar-refractivity contribution in [3.05, 3.63) is 35.6 Å². The van der Waals surface area contributed by atoms with Crippen LogP contribution in [0.5, 0.6) is 0 Å². The molecule has 0 fully saturated rings. The lowest BCUT2D eigenvalue weighted by molar-refractivity contribution is 0.155. The van der Waals surface area contributed by atoms with E-state index in [4.69, 9.17) is 4.74 Å². The van der Waals surface area contributed by atoms with Gasteiger partial charge < -0.3 is 15.0 Å². The maximum atomic E-state index is 13.8. The van der Waals surface area contributed by atoms with Crippen LogP contribution in [0.2, 0.25) is 0 Å². The molecule has 4 heteroatoms. The van der Waals surface area contributed by atoms with E-state index in [1.54, 1.807) is 13.2 Å². The van der Waals surface area contributed by atoms with E-state index in [9.17, 15) is 4.39 Å². The summed E-state index contributed by atoms with van der Waals surface area (Å²) in [6.45, 7) is 5.14. The number of halogens is 1. The van der Waals surface area contributed by atoms with Gasteiger partial charge in [0.05, 0.1) is 6.61 Å². The predicted octanol–water partition coefficient (Wildman–Crippen LogP) is 2.05. The van der Waals surface area contributed by atoms with Gasteiger partial charge in [-0.15, -0.1) is 0 Å². The molecule has 0 aliphatic carbocycles. The lowest BCUT2D eigenvalue weighted by Gasteiger charge is -2.25. The van der Waals surface area contributed by atoms with Crippen molar-refractivity contribution in [1.82, 2.24) is 10.2 Å². The van der Waals surface area contributed by atoms with Crippen LogP contribution in [0, 0.1) is 5.82 Å². The molecule has 1 atom stereocenters. The van der Waals surface area contributed by atoms with Crippen molar-refractivity contribution in [3.63, 3.8) is 0 Å². The van der Waals surface area contributed by atoms with Gasteiger partial charge in [0.2, 0.25) is 0 Å². The molecular weight excluding hydrogens is 231 g/mol. The second-order valence-electron chi connectivity index (χ2n) is 4.39. The zero-order valence-electron chi connectivity index (χ0n) is 11.4. The van der Waals surface area contributed by atoms with Crippen molar-refractivity contribution in [2.24, 2.45) is 0 Å². The van der Waals surface area contributed by atoms with E-state index in [1.165, 1.54) is 6.07 Å². The van der Waals surface area contributed by atoms with Crippen LogP contribution < -0.4 is 5.32 Å². The van der Waals surface area contributed by atoms with Crippen molar-refractivity contribution in [2.45, 2.75) is 13.0 Å². The monoisotopic (exact) mass is 254 g/mol. The fourth-order valence-corrected chi connectivity index (χ4v) is 1.93. The summed E-state index contributed by atoms with van der Waals surface area (Å²) >= 11 is 0. The van der Waals surface area contributed by atoms with Crippen LogP contribution in [0.25, 0.3) is 0 Å². The van der Waals surface area contributed by atoms with E-state index >= 15 is 0 Å². The van der Waals surface area contributed by atoms with E-state index in [1.807, 2.05) is 26.1 Å². The number of ether oxygens (including phenoxy) is 1. The number of nitrogens with one attached hydrogen (secondary N) is 1. The molecule has 0 saturated heterocycles. The van der Waals surface area contributed by atoms with Crippen molar-refractivity contribution in [2.75, 3.05) is 40.4 Å². The molecule has 0 bridgehead atoms. The Balaban J connectivity index is 2.68. The second-order valence-corrected chi connectivity index (χ2v) is 4.39. The minimum absolute atomic E-state index is 0.0121. The predicted molar refractivity (Wildman–Crippen MR) is 72.2 cm³/mol. The van der Waals surface area contributed by atoms with Crippen LogP contribution in [0.1, 0.15) is 18.5 Å². The van der Waals surface area contributed by atoms with Crippen molar-refractivity contribution >= 4 is 0 Å². The minimum Gasteiger partial charge on any atom is -0.383 e. The third kappa shape index (κ3) is 4.72. The van der Waals surface area contributed by atoms with Crippen molar-refractivity contribution in [3.8, 4) is 0 Å². The van der Waals surface area contributed by atoms with Gasteiger partial charge in [-0.2, -0.15) is 0 Å². The summed E-state index contributed by atoms with van der Waals surface area (Å²) < 4.78 is 18.8. The van der Waals surface area contributed by atoms with Gasteiger partial charge in [0, 0.05) is 31.8 Å². The highest BCUT2D eigenvalue weighted by atomic mass is 19.1. The molecule has 0 amide bonds. The number of benzene rings is 1. The highest BCUT2D eigenvalue weighted by molar-refractivity contribution is 5.21. The van der Waals surface area contributed by atoms with E-state index in [0.29, 0.717) is 6.61 Å². The normalized spacial score (nSPS) is 12.9. The summed E-state index contributed by atoms with van der Waals surface area (Å²) in [6.07, 6.45) is 0. The topological polar surface area (TPSA) is 24.5 Å². The molecule has 0 aliphatic rings. The minimum atomic E-state index is -0.149. The molecular formula is C14H23FN2O. The Hall–Kier alpha value is -0.970. The molecule has 0 radical (unpaired) electrons. The second kappa shape index (κ2) is 8.19. The first-order valence-corrected chi connectivity index (χ1v) is 6.34. The zero-order valence-corrected chi connectivity index (χ0v) is 11.4. The van der Waals surface area contributed by atoms with Crippen LogP contribution in [0.3, 0.4) is 0 Å². The molecule has 18 heavy (non-hydrogen) atoms. The number of hydrogen-bond donors (Lipinski definition) is 1. The first-order valence-electron chi connectivity index (χ1n) is 6.34. The zero-order chi connectivity index (χ0) is 13.4. The van der Waals surface area contributed by atoms with Gasteiger partial charge in [0.15, 0.2) is 0 Å². The summed E-state index contributed by atoms with van der Waals surface area (Å²) in [4.78, 5) is 2.14. The average molecular weight is 254 g/mol. The molecule has 0 saturated carbocycles. The molecule has 1 N–H and O–H groups in total. The van der Waals surface area contributed by atoms with Gasteiger partial charge in [-0.25, -0.2) is 4.39 Å². The molecule has 1 rings (SSSR count). The first-order chi connectivity index (χ1) is 8.69. The molecule has 1 aromatic carbocycles. The number of likely N-dealkylation sites (N-methyl/N-ethyl adjacent to an activating group) is 2.